The molecule has 3 rings (SSSR count). The molecule has 2 aromatic carbocycles. The summed E-state index contributed by atoms with van der Waals surface area (Å²) in [5.74, 6) is 0.581. The zero-order valence-electron chi connectivity index (χ0n) is 13.3. The number of rotatable bonds is 2. The molecule has 0 atom stereocenters. The molecule has 0 aromatic heterocycles. The molecule has 0 heterocycles. The summed E-state index contributed by atoms with van der Waals surface area (Å²) in [6.45, 7) is 5.83. The van der Waals surface area contributed by atoms with Gasteiger partial charge in [-0.25, -0.2) is 4.39 Å². The second-order valence-corrected chi connectivity index (χ2v) is 5.13. The SMILES string of the molecule is CC.Cc1ccc(Oc2ccc3c(c2)CCCC3=O)c(F)c1. The van der Waals surface area contributed by atoms with E-state index in [4.69, 9.17) is 4.74 Å². The molecule has 0 N–H and O–H groups in total. The van der Waals surface area contributed by atoms with Crippen LogP contribution in [0, 0.1) is 12.7 Å². The number of aryl methyl sites for hydroxylation is 2. The van der Waals surface area contributed by atoms with Gasteiger partial charge < -0.3 is 4.74 Å². The summed E-state index contributed by atoms with van der Waals surface area (Å²) in [6.07, 6.45) is 2.35. The molecule has 0 aliphatic heterocycles. The first-order chi connectivity index (χ1) is 10.6. The first kappa shape index (κ1) is 16.2. The highest BCUT2D eigenvalue weighted by atomic mass is 19.1. The Labute approximate surface area is 130 Å². The highest BCUT2D eigenvalue weighted by Crippen LogP contribution is 2.29. The number of Topliss-reactive ketones (excluding diaryl/α,β-unsaturated/α-hetero) is 1. The quantitative estimate of drug-likeness (QED) is 0.735. The van der Waals surface area contributed by atoms with Crippen molar-refractivity contribution in [2.45, 2.75) is 40.0 Å². The van der Waals surface area contributed by atoms with Crippen molar-refractivity contribution in [3.63, 3.8) is 0 Å². The van der Waals surface area contributed by atoms with Crippen molar-refractivity contribution < 1.29 is 13.9 Å². The van der Waals surface area contributed by atoms with Crippen LogP contribution in [0.1, 0.15) is 48.2 Å². The molecule has 0 spiro atoms. The van der Waals surface area contributed by atoms with Crippen LogP contribution in [-0.2, 0) is 6.42 Å². The third-order valence-corrected chi connectivity index (χ3v) is 3.54. The lowest BCUT2D eigenvalue weighted by atomic mass is 9.90. The van der Waals surface area contributed by atoms with Gasteiger partial charge in [0.1, 0.15) is 5.75 Å². The highest BCUT2D eigenvalue weighted by Gasteiger charge is 2.17. The van der Waals surface area contributed by atoms with Crippen molar-refractivity contribution in [3.05, 3.63) is 58.9 Å². The van der Waals surface area contributed by atoms with E-state index in [0.717, 1.165) is 29.5 Å². The van der Waals surface area contributed by atoms with E-state index in [1.807, 2.05) is 26.8 Å². The second-order valence-electron chi connectivity index (χ2n) is 5.13. The first-order valence-corrected chi connectivity index (χ1v) is 7.73. The number of halogens is 1. The van der Waals surface area contributed by atoms with Crippen LogP contribution in [0.25, 0.3) is 0 Å². The van der Waals surface area contributed by atoms with Crippen LogP contribution in [0.3, 0.4) is 0 Å². The van der Waals surface area contributed by atoms with Crippen LogP contribution in [-0.4, -0.2) is 5.78 Å². The average molecular weight is 300 g/mol. The Kier molecular flexibility index (Phi) is 5.31. The summed E-state index contributed by atoms with van der Waals surface area (Å²) in [6, 6.07) is 10.2. The normalized spacial score (nSPS) is 13.0. The molecule has 2 nitrogen and oxygen atoms in total. The zero-order chi connectivity index (χ0) is 16.1. The van der Waals surface area contributed by atoms with E-state index >= 15 is 0 Å². The van der Waals surface area contributed by atoms with E-state index < -0.39 is 0 Å². The molecule has 0 amide bonds. The maximum absolute atomic E-state index is 13.8. The Balaban J connectivity index is 0.000000847. The van der Waals surface area contributed by atoms with Gasteiger partial charge in [-0.2, -0.15) is 0 Å². The largest absolute Gasteiger partial charge is 0.454 e. The zero-order valence-corrected chi connectivity index (χ0v) is 13.3. The molecule has 0 saturated heterocycles. The number of hydrogen-bond donors (Lipinski definition) is 0. The number of ether oxygens (including phenoxy) is 1. The Morgan fingerprint density at radius 3 is 2.55 bits per heavy atom. The van der Waals surface area contributed by atoms with E-state index in [1.165, 1.54) is 6.07 Å². The minimum absolute atomic E-state index is 0.180. The molecule has 0 bridgehead atoms. The lowest BCUT2D eigenvalue weighted by Gasteiger charge is -2.16. The molecule has 2 aromatic rings. The van der Waals surface area contributed by atoms with Crippen molar-refractivity contribution in [2.75, 3.05) is 0 Å². The summed E-state index contributed by atoms with van der Waals surface area (Å²) in [5, 5.41) is 0. The minimum Gasteiger partial charge on any atom is -0.454 e. The Morgan fingerprint density at radius 2 is 1.82 bits per heavy atom. The van der Waals surface area contributed by atoms with Crippen molar-refractivity contribution in [3.8, 4) is 11.5 Å². The first-order valence-electron chi connectivity index (χ1n) is 7.73. The number of carbonyl (C=O) groups excluding carboxylic acids is 1. The van der Waals surface area contributed by atoms with Gasteiger partial charge in [-0.05, 0) is 61.2 Å². The fourth-order valence-electron chi connectivity index (χ4n) is 2.50. The number of benzene rings is 2. The molecular weight excluding hydrogens is 279 g/mol. The summed E-state index contributed by atoms with van der Waals surface area (Å²) in [5.41, 5.74) is 2.62. The van der Waals surface area contributed by atoms with E-state index in [-0.39, 0.29) is 17.3 Å². The maximum Gasteiger partial charge on any atom is 0.165 e. The fourth-order valence-corrected chi connectivity index (χ4v) is 2.50. The van der Waals surface area contributed by atoms with Crippen LogP contribution in [0.2, 0.25) is 0 Å². The standard InChI is InChI=1S/C17H15FO2.C2H6/c1-11-5-8-17(15(18)9-11)20-13-6-7-14-12(10-13)3-2-4-16(14)19;1-2/h5-10H,2-4H2,1H3;1-2H3. The van der Waals surface area contributed by atoms with Gasteiger partial charge >= 0.3 is 0 Å². The summed E-state index contributed by atoms with van der Waals surface area (Å²) < 4.78 is 19.3. The van der Waals surface area contributed by atoms with Crippen molar-refractivity contribution in [1.82, 2.24) is 0 Å². The van der Waals surface area contributed by atoms with Gasteiger partial charge in [-0.3, -0.25) is 4.79 Å². The van der Waals surface area contributed by atoms with Gasteiger partial charge in [-0.15, -0.1) is 0 Å². The third kappa shape index (κ3) is 3.53. The van der Waals surface area contributed by atoms with Gasteiger partial charge in [-0.1, -0.05) is 19.9 Å². The molecule has 0 radical (unpaired) electrons. The lowest BCUT2D eigenvalue weighted by Crippen LogP contribution is -2.10. The monoisotopic (exact) mass is 300 g/mol. The van der Waals surface area contributed by atoms with Crippen molar-refractivity contribution in [1.29, 1.82) is 0 Å². The van der Waals surface area contributed by atoms with E-state index in [9.17, 15) is 9.18 Å². The van der Waals surface area contributed by atoms with Crippen LogP contribution >= 0.6 is 0 Å². The second kappa shape index (κ2) is 7.21. The lowest BCUT2D eigenvalue weighted by molar-refractivity contribution is 0.0972. The molecule has 0 saturated carbocycles. The number of fused-ring (bicyclic) bond motifs is 1. The number of hydrogen-bond acceptors (Lipinski definition) is 2. The van der Waals surface area contributed by atoms with Crippen LogP contribution in [0.4, 0.5) is 4.39 Å². The predicted molar refractivity (Wildman–Crippen MR) is 86.3 cm³/mol. The minimum atomic E-state index is -0.376. The van der Waals surface area contributed by atoms with E-state index in [0.29, 0.717) is 12.2 Å². The smallest absolute Gasteiger partial charge is 0.165 e. The van der Waals surface area contributed by atoms with Gasteiger partial charge in [0.15, 0.2) is 17.3 Å². The molecular formula is C19H21FO2. The summed E-state index contributed by atoms with van der Waals surface area (Å²) >= 11 is 0. The predicted octanol–water partition coefficient (Wildman–Crippen LogP) is 5.47. The Morgan fingerprint density at radius 1 is 1.05 bits per heavy atom. The molecule has 1 aliphatic rings. The topological polar surface area (TPSA) is 26.3 Å². The van der Waals surface area contributed by atoms with E-state index in [2.05, 4.69) is 0 Å². The summed E-state index contributed by atoms with van der Waals surface area (Å²) in [7, 11) is 0. The summed E-state index contributed by atoms with van der Waals surface area (Å²) in [4.78, 5) is 11.7. The van der Waals surface area contributed by atoms with Gasteiger partial charge in [0.2, 0.25) is 0 Å². The third-order valence-electron chi connectivity index (χ3n) is 3.54. The van der Waals surface area contributed by atoms with Gasteiger partial charge in [0.05, 0.1) is 0 Å². The Hall–Kier alpha value is -2.16. The van der Waals surface area contributed by atoms with E-state index in [1.54, 1.807) is 24.3 Å². The number of carbonyl (C=O) groups is 1. The average Bonchev–Trinajstić information content (AvgIpc) is 2.52. The molecule has 0 fully saturated rings. The van der Waals surface area contributed by atoms with Crippen LogP contribution in [0.5, 0.6) is 11.5 Å². The molecule has 22 heavy (non-hydrogen) atoms. The van der Waals surface area contributed by atoms with Crippen molar-refractivity contribution in [2.24, 2.45) is 0 Å². The molecule has 1 aliphatic carbocycles. The Bertz CT molecular complexity index is 677. The molecule has 0 unspecified atom stereocenters. The molecule has 116 valence electrons. The maximum atomic E-state index is 13.8. The fraction of sp³-hybridized carbons (Fsp3) is 0.316. The highest BCUT2D eigenvalue weighted by molar-refractivity contribution is 5.98. The van der Waals surface area contributed by atoms with Crippen molar-refractivity contribution >= 4 is 5.78 Å². The molecule has 3 heteroatoms. The van der Waals surface area contributed by atoms with Crippen LogP contribution in [0.15, 0.2) is 36.4 Å². The van der Waals surface area contributed by atoms with Crippen LogP contribution < -0.4 is 4.74 Å². The number of ketones is 1. The van der Waals surface area contributed by atoms with Gasteiger partial charge in [0.25, 0.3) is 0 Å². The van der Waals surface area contributed by atoms with Gasteiger partial charge in [0, 0.05) is 12.0 Å².